The molecule has 0 radical (unpaired) electrons. The fraction of sp³-hybridized carbons (Fsp3) is 0.515. The molecule has 3 amide bonds. The van der Waals surface area contributed by atoms with Crippen molar-refractivity contribution in [2.75, 3.05) is 39.8 Å². The van der Waals surface area contributed by atoms with Gasteiger partial charge in [0.2, 0.25) is 17.7 Å². The van der Waals surface area contributed by atoms with E-state index in [-0.39, 0.29) is 36.0 Å². The lowest BCUT2D eigenvalue weighted by Crippen LogP contribution is -2.41. The summed E-state index contributed by atoms with van der Waals surface area (Å²) in [5, 5.41) is 6.38. The van der Waals surface area contributed by atoms with Gasteiger partial charge in [-0.2, -0.15) is 0 Å². The Morgan fingerprint density at radius 2 is 1.65 bits per heavy atom. The Hall–Kier alpha value is -3.92. The summed E-state index contributed by atoms with van der Waals surface area (Å²) in [6.07, 6.45) is 1.99. The highest BCUT2D eigenvalue weighted by Crippen LogP contribution is 2.48. The average molecular weight is 591 g/mol. The van der Waals surface area contributed by atoms with Gasteiger partial charge in [-0.05, 0) is 74.5 Å². The smallest absolute Gasteiger partial charge is 0.234 e. The van der Waals surface area contributed by atoms with E-state index < -0.39 is 18.1 Å². The van der Waals surface area contributed by atoms with Gasteiger partial charge in [-0.15, -0.1) is 0 Å². The topological polar surface area (TPSA) is 117 Å². The summed E-state index contributed by atoms with van der Waals surface area (Å²) in [5.41, 5.74) is 2.41. The van der Waals surface area contributed by atoms with E-state index in [0.717, 1.165) is 16.7 Å². The highest BCUT2D eigenvalue weighted by Gasteiger charge is 2.43. The fourth-order valence-electron chi connectivity index (χ4n) is 6.49. The molecule has 4 atom stereocenters. The molecule has 10 nitrogen and oxygen atoms in total. The van der Waals surface area contributed by atoms with Gasteiger partial charge < -0.3 is 29.9 Å². The lowest BCUT2D eigenvalue weighted by Gasteiger charge is -2.32. The van der Waals surface area contributed by atoms with Crippen molar-refractivity contribution in [1.82, 2.24) is 20.4 Å². The Balaban J connectivity index is 1.63. The van der Waals surface area contributed by atoms with Gasteiger partial charge in [0, 0.05) is 38.7 Å². The SMILES string of the molecule is COc1ccc(C2Oc3ccc4cc3C2C(=O)N2CCCNC(=O)CC4N(C(C)=O)CCCC(C(C)=O)NCCC2)cc1. The van der Waals surface area contributed by atoms with E-state index in [4.69, 9.17) is 9.47 Å². The van der Waals surface area contributed by atoms with Crippen LogP contribution in [-0.4, -0.2) is 79.2 Å². The van der Waals surface area contributed by atoms with Crippen LogP contribution < -0.4 is 20.1 Å². The summed E-state index contributed by atoms with van der Waals surface area (Å²) in [6.45, 7) is 5.47. The lowest BCUT2D eigenvalue weighted by atomic mass is 9.87. The molecule has 0 saturated heterocycles. The fourth-order valence-corrected chi connectivity index (χ4v) is 6.49. The van der Waals surface area contributed by atoms with Crippen molar-refractivity contribution in [3.8, 4) is 11.5 Å². The number of fused-ring (bicyclic) bond motifs is 1. The molecule has 2 N–H and O–H groups in total. The minimum Gasteiger partial charge on any atom is -0.497 e. The van der Waals surface area contributed by atoms with Gasteiger partial charge in [-0.25, -0.2) is 0 Å². The van der Waals surface area contributed by atoms with E-state index in [2.05, 4.69) is 10.6 Å². The monoisotopic (exact) mass is 590 g/mol. The second-order valence-electron chi connectivity index (χ2n) is 11.7. The van der Waals surface area contributed by atoms with Crippen LogP contribution >= 0.6 is 0 Å². The molecule has 4 unspecified atom stereocenters. The van der Waals surface area contributed by atoms with E-state index in [1.807, 2.05) is 47.4 Å². The third-order valence-electron chi connectivity index (χ3n) is 8.80. The first-order valence-electron chi connectivity index (χ1n) is 15.3. The molecule has 2 aromatic rings. The molecule has 5 rings (SSSR count). The normalized spacial score (nSPS) is 25.1. The summed E-state index contributed by atoms with van der Waals surface area (Å²) >= 11 is 0. The zero-order chi connectivity index (χ0) is 30.5. The zero-order valence-corrected chi connectivity index (χ0v) is 25.3. The lowest BCUT2D eigenvalue weighted by molar-refractivity contribution is -0.135. The number of nitrogens with zero attached hydrogens (tertiary/aromatic N) is 2. The van der Waals surface area contributed by atoms with E-state index >= 15 is 0 Å². The third-order valence-corrected chi connectivity index (χ3v) is 8.80. The molecule has 3 aliphatic heterocycles. The number of rotatable bonds is 3. The van der Waals surface area contributed by atoms with Crippen molar-refractivity contribution in [3.63, 3.8) is 0 Å². The number of benzene rings is 2. The van der Waals surface area contributed by atoms with Gasteiger partial charge in [-0.3, -0.25) is 19.2 Å². The molecule has 3 heterocycles. The highest BCUT2D eigenvalue weighted by atomic mass is 16.5. The molecule has 10 heteroatoms. The Morgan fingerprint density at radius 1 is 0.930 bits per heavy atom. The zero-order valence-electron chi connectivity index (χ0n) is 25.3. The van der Waals surface area contributed by atoms with Gasteiger partial charge >= 0.3 is 0 Å². The number of amides is 3. The van der Waals surface area contributed by atoms with Crippen LogP contribution in [0.1, 0.15) is 80.7 Å². The maximum atomic E-state index is 14.5. The molecule has 3 aliphatic rings. The second kappa shape index (κ2) is 13.6. The number of carbonyl (C=O) groups is 4. The van der Waals surface area contributed by atoms with Crippen molar-refractivity contribution in [3.05, 3.63) is 59.2 Å². The van der Waals surface area contributed by atoms with Gasteiger partial charge in [0.25, 0.3) is 0 Å². The molecule has 0 aliphatic carbocycles. The van der Waals surface area contributed by atoms with Crippen LogP contribution in [0.15, 0.2) is 42.5 Å². The molecular formula is C33H42N4O6. The predicted molar refractivity (Wildman–Crippen MR) is 161 cm³/mol. The molecule has 43 heavy (non-hydrogen) atoms. The molecule has 0 fully saturated rings. The number of ether oxygens (including phenoxy) is 2. The van der Waals surface area contributed by atoms with Crippen LogP contribution in [0.3, 0.4) is 0 Å². The highest BCUT2D eigenvalue weighted by molar-refractivity contribution is 5.87. The van der Waals surface area contributed by atoms with Gasteiger partial charge in [-0.1, -0.05) is 18.2 Å². The number of carbonyl (C=O) groups excluding carboxylic acids is 4. The Labute approximate surface area is 253 Å². The van der Waals surface area contributed by atoms with Crippen LogP contribution in [0, 0.1) is 0 Å². The van der Waals surface area contributed by atoms with Crippen molar-refractivity contribution >= 4 is 23.5 Å². The van der Waals surface area contributed by atoms with Gasteiger partial charge in [0.05, 0.1) is 25.6 Å². The summed E-state index contributed by atoms with van der Waals surface area (Å²) < 4.78 is 11.8. The standard InChI is InChI=1S/C33H42N4O6/c1-21(38)27-7-4-18-37(22(2)39)28-20-30(40)35-15-6-17-36(16-5-14-34-27)33(41)31-26-19-24(28)10-13-29(26)43-32(31)23-8-11-25(42-3)12-9-23/h8-13,19,27-28,31-32,34H,4-7,14-18,20H2,1-3H3,(H,35,40). The van der Waals surface area contributed by atoms with E-state index in [0.29, 0.717) is 69.9 Å². The number of methoxy groups -OCH3 is 1. The van der Waals surface area contributed by atoms with Crippen LogP contribution in [0.25, 0.3) is 0 Å². The summed E-state index contributed by atoms with van der Waals surface area (Å²) in [4.78, 5) is 56.8. The first kappa shape index (κ1) is 30.5. The minimum atomic E-state index is -0.606. The van der Waals surface area contributed by atoms with E-state index in [1.54, 1.807) is 18.9 Å². The maximum absolute atomic E-state index is 14.5. The molecule has 0 aromatic heterocycles. The summed E-state index contributed by atoms with van der Waals surface area (Å²) in [5.74, 6) is 0.437. The van der Waals surface area contributed by atoms with Gasteiger partial charge in [0.15, 0.2) is 0 Å². The Kier molecular flexibility index (Phi) is 9.65. The molecule has 4 bridgehead atoms. The minimum absolute atomic E-state index is 0.0440. The quantitative estimate of drug-likeness (QED) is 0.564. The molecule has 0 saturated carbocycles. The van der Waals surface area contributed by atoms with Crippen molar-refractivity contribution < 1.29 is 28.7 Å². The number of ketones is 1. The van der Waals surface area contributed by atoms with Crippen LogP contribution in [0.4, 0.5) is 0 Å². The van der Waals surface area contributed by atoms with E-state index in [1.165, 1.54) is 6.92 Å². The maximum Gasteiger partial charge on any atom is 0.234 e. The first-order valence-corrected chi connectivity index (χ1v) is 15.3. The average Bonchev–Trinajstić information content (AvgIpc) is 3.37. The van der Waals surface area contributed by atoms with E-state index in [9.17, 15) is 19.2 Å². The molecule has 230 valence electrons. The van der Waals surface area contributed by atoms with Crippen molar-refractivity contribution in [2.24, 2.45) is 0 Å². The third kappa shape index (κ3) is 6.85. The molecular weight excluding hydrogens is 548 g/mol. The van der Waals surface area contributed by atoms with Gasteiger partial charge in [0.1, 0.15) is 29.3 Å². The largest absolute Gasteiger partial charge is 0.497 e. The molecule has 2 aromatic carbocycles. The van der Waals surface area contributed by atoms with Crippen molar-refractivity contribution in [1.29, 1.82) is 0 Å². The van der Waals surface area contributed by atoms with Crippen LogP contribution in [0.2, 0.25) is 0 Å². The van der Waals surface area contributed by atoms with Crippen LogP contribution in [-0.2, 0) is 19.2 Å². The number of hydrogen-bond donors (Lipinski definition) is 2. The number of Topliss-reactive ketones (excluding diaryl/α,β-unsaturated/α-hetero) is 1. The Bertz CT molecular complexity index is 1350. The van der Waals surface area contributed by atoms with Crippen molar-refractivity contribution in [2.45, 2.75) is 70.1 Å². The summed E-state index contributed by atoms with van der Waals surface area (Å²) in [7, 11) is 1.61. The first-order chi connectivity index (χ1) is 20.8. The number of hydrogen-bond acceptors (Lipinski definition) is 7. The summed E-state index contributed by atoms with van der Waals surface area (Å²) in [6, 6.07) is 12.4. The molecule has 0 spiro atoms. The second-order valence-corrected chi connectivity index (χ2v) is 11.7. The van der Waals surface area contributed by atoms with Crippen LogP contribution in [0.5, 0.6) is 11.5 Å². The Morgan fingerprint density at radius 3 is 2.35 bits per heavy atom. The number of nitrogens with one attached hydrogen (secondary N) is 2. The predicted octanol–water partition coefficient (Wildman–Crippen LogP) is 3.27.